The minimum absolute atomic E-state index is 0.0265. The summed E-state index contributed by atoms with van der Waals surface area (Å²) in [6.45, 7) is 3.50. The van der Waals surface area contributed by atoms with Gasteiger partial charge in [0.1, 0.15) is 12.6 Å². The van der Waals surface area contributed by atoms with E-state index in [0.717, 1.165) is 22.5 Å². The van der Waals surface area contributed by atoms with Gasteiger partial charge >= 0.3 is 5.97 Å². The van der Waals surface area contributed by atoms with Gasteiger partial charge in [-0.25, -0.2) is 9.79 Å². The molecule has 0 bridgehead atoms. The summed E-state index contributed by atoms with van der Waals surface area (Å²) in [4.78, 5) is 43.6. The van der Waals surface area contributed by atoms with Gasteiger partial charge < -0.3 is 14.2 Å². The van der Waals surface area contributed by atoms with E-state index in [-0.39, 0.29) is 52.8 Å². The van der Waals surface area contributed by atoms with Crippen molar-refractivity contribution in [2.75, 3.05) is 13.7 Å². The molecule has 3 aromatic carbocycles. The van der Waals surface area contributed by atoms with Crippen LogP contribution >= 0.6 is 11.3 Å². The van der Waals surface area contributed by atoms with Gasteiger partial charge in [0.2, 0.25) is 0 Å². The smallest absolute Gasteiger partial charge is 0.338 e. The Hall–Kier alpha value is -5.03. The molecule has 2 heterocycles. The van der Waals surface area contributed by atoms with Crippen molar-refractivity contribution in [2.45, 2.75) is 26.5 Å². The number of nitrogens with zero attached hydrogens (tertiary/aromatic N) is 3. The number of nitro benzene ring substituents is 1. The highest BCUT2D eigenvalue weighted by atomic mass is 32.1. The third kappa shape index (κ3) is 5.59. The molecule has 0 saturated heterocycles. The van der Waals surface area contributed by atoms with Crippen LogP contribution in [0.3, 0.4) is 0 Å². The molecule has 0 N–H and O–H groups in total. The molecule has 0 saturated carbocycles. The number of esters is 1. The molecule has 5 rings (SSSR count). The summed E-state index contributed by atoms with van der Waals surface area (Å²) in [6, 6.07) is 20.3. The lowest BCUT2D eigenvalue weighted by Crippen LogP contribution is -2.35. The summed E-state index contributed by atoms with van der Waals surface area (Å²) in [5, 5.41) is 12.4. The van der Waals surface area contributed by atoms with Crippen molar-refractivity contribution in [3.63, 3.8) is 0 Å². The number of hydrogen-bond acceptors (Lipinski definition) is 9. The molecule has 0 fully saturated rings. The summed E-state index contributed by atoms with van der Waals surface area (Å²) in [5.74, 6) is -0.327. The van der Waals surface area contributed by atoms with E-state index in [1.54, 1.807) is 19.9 Å². The summed E-state index contributed by atoms with van der Waals surface area (Å²) in [7, 11) is 1.42. The van der Waals surface area contributed by atoms with Crippen LogP contribution in [0.1, 0.15) is 36.6 Å². The third-order valence-electron chi connectivity index (χ3n) is 6.68. The van der Waals surface area contributed by atoms with Gasteiger partial charge in [0, 0.05) is 5.70 Å². The van der Waals surface area contributed by atoms with E-state index < -0.39 is 16.9 Å². The molecular formula is C31H27N3O7S. The van der Waals surface area contributed by atoms with E-state index in [2.05, 4.69) is 0 Å². The summed E-state index contributed by atoms with van der Waals surface area (Å²) in [5.41, 5.74) is 1.45. The van der Waals surface area contributed by atoms with E-state index in [1.807, 2.05) is 60.7 Å². The summed E-state index contributed by atoms with van der Waals surface area (Å²) in [6.07, 6.45) is 1.74. The molecule has 214 valence electrons. The molecule has 1 aliphatic rings. The fraction of sp³-hybridized carbons (Fsp3) is 0.194. The van der Waals surface area contributed by atoms with Crippen molar-refractivity contribution in [1.82, 2.24) is 4.57 Å². The predicted molar refractivity (Wildman–Crippen MR) is 158 cm³/mol. The molecule has 0 amide bonds. The number of benzene rings is 3. The van der Waals surface area contributed by atoms with E-state index in [1.165, 1.54) is 23.8 Å². The predicted octanol–water partition coefficient (Wildman–Crippen LogP) is 4.40. The second-order valence-electron chi connectivity index (χ2n) is 9.29. The van der Waals surface area contributed by atoms with E-state index in [9.17, 15) is 19.7 Å². The number of nitro groups is 1. The Morgan fingerprint density at radius 3 is 2.43 bits per heavy atom. The largest absolute Gasteiger partial charge is 0.493 e. The SMILES string of the molecule is CCOC(=O)C1=C(C)n2c(s/c(=C\c3ccccc3)c2=O)=N[C@H]1c1cc(OC)c(OCc2ccccc2)cc1[N+](=O)[O-]. The standard InChI is InChI=1S/C31H27N3O7S/c1-4-40-30(36)27-19(2)33-29(35)26(15-20-11-7-5-8-12-20)42-31(33)32-28(27)22-16-24(39-3)25(17-23(22)34(37)38)41-18-21-13-9-6-10-14-21/h5-17,28H,4,18H2,1-3H3/b26-15-/t28-/m0/s1. The topological polar surface area (TPSA) is 122 Å². The van der Waals surface area contributed by atoms with Gasteiger partial charge in [-0.05, 0) is 37.1 Å². The highest BCUT2D eigenvalue weighted by molar-refractivity contribution is 7.07. The minimum Gasteiger partial charge on any atom is -0.493 e. The van der Waals surface area contributed by atoms with E-state index >= 15 is 0 Å². The number of fused-ring (bicyclic) bond motifs is 1. The number of ether oxygens (including phenoxy) is 3. The van der Waals surface area contributed by atoms with Crippen molar-refractivity contribution < 1.29 is 23.9 Å². The lowest BCUT2D eigenvalue weighted by atomic mass is 9.94. The molecule has 42 heavy (non-hydrogen) atoms. The van der Waals surface area contributed by atoms with Gasteiger partial charge in [-0.2, -0.15) is 0 Å². The van der Waals surface area contributed by atoms with Crippen LogP contribution in [0.5, 0.6) is 11.5 Å². The molecular weight excluding hydrogens is 558 g/mol. The van der Waals surface area contributed by atoms with E-state index in [0.29, 0.717) is 9.33 Å². The molecule has 0 spiro atoms. The highest BCUT2D eigenvalue weighted by Gasteiger charge is 2.36. The van der Waals surface area contributed by atoms with Crippen molar-refractivity contribution >= 4 is 34.8 Å². The Labute approximate surface area is 244 Å². The molecule has 10 nitrogen and oxygen atoms in total. The molecule has 1 atom stereocenters. The zero-order valence-electron chi connectivity index (χ0n) is 23.1. The Morgan fingerprint density at radius 1 is 1.10 bits per heavy atom. The number of thiazole rings is 1. The maximum absolute atomic E-state index is 13.5. The minimum atomic E-state index is -1.14. The van der Waals surface area contributed by atoms with Crippen LogP contribution in [-0.2, 0) is 16.1 Å². The first-order valence-corrected chi connectivity index (χ1v) is 13.9. The lowest BCUT2D eigenvalue weighted by molar-refractivity contribution is -0.385. The number of aromatic nitrogens is 1. The second kappa shape index (κ2) is 12.2. The van der Waals surface area contributed by atoms with Crippen molar-refractivity contribution in [2.24, 2.45) is 4.99 Å². The lowest BCUT2D eigenvalue weighted by Gasteiger charge is -2.23. The third-order valence-corrected chi connectivity index (χ3v) is 7.66. The average Bonchev–Trinajstić information content (AvgIpc) is 3.31. The number of rotatable bonds is 9. The molecule has 0 unspecified atom stereocenters. The number of carbonyl (C=O) groups excluding carboxylic acids is 1. The highest BCUT2D eigenvalue weighted by Crippen LogP contribution is 2.43. The van der Waals surface area contributed by atoms with Crippen LogP contribution in [0.4, 0.5) is 5.69 Å². The van der Waals surface area contributed by atoms with Gasteiger partial charge in [0.05, 0.1) is 40.4 Å². The number of carbonyl (C=O) groups is 1. The average molecular weight is 586 g/mol. The maximum Gasteiger partial charge on any atom is 0.338 e. The van der Waals surface area contributed by atoms with Gasteiger partial charge in [-0.1, -0.05) is 72.0 Å². The first-order chi connectivity index (χ1) is 20.3. The molecule has 0 aliphatic carbocycles. The number of allylic oxidation sites excluding steroid dienone is 1. The molecule has 0 radical (unpaired) electrons. The zero-order valence-corrected chi connectivity index (χ0v) is 23.9. The number of hydrogen-bond donors (Lipinski definition) is 0. The van der Waals surface area contributed by atoms with E-state index in [4.69, 9.17) is 19.2 Å². The first-order valence-electron chi connectivity index (χ1n) is 13.1. The molecule has 1 aliphatic heterocycles. The monoisotopic (exact) mass is 585 g/mol. The van der Waals surface area contributed by atoms with Crippen LogP contribution in [0.2, 0.25) is 0 Å². The van der Waals surface area contributed by atoms with Gasteiger partial charge in [0.15, 0.2) is 16.3 Å². The number of methoxy groups -OCH3 is 1. The second-order valence-corrected chi connectivity index (χ2v) is 10.3. The molecule has 1 aromatic heterocycles. The fourth-order valence-corrected chi connectivity index (χ4v) is 5.73. The Bertz CT molecular complexity index is 1860. The van der Waals surface area contributed by atoms with Crippen LogP contribution in [0.25, 0.3) is 11.8 Å². The fourth-order valence-electron chi connectivity index (χ4n) is 4.69. The van der Waals surface area contributed by atoms with Crippen LogP contribution in [-0.4, -0.2) is 29.2 Å². The van der Waals surface area contributed by atoms with Crippen molar-refractivity contribution in [1.29, 1.82) is 0 Å². The Kier molecular flexibility index (Phi) is 8.30. The summed E-state index contributed by atoms with van der Waals surface area (Å²) >= 11 is 1.14. The van der Waals surface area contributed by atoms with Gasteiger partial charge in [0.25, 0.3) is 11.2 Å². The van der Waals surface area contributed by atoms with Crippen LogP contribution < -0.4 is 24.4 Å². The zero-order chi connectivity index (χ0) is 29.8. The Balaban J connectivity index is 1.69. The molecule has 11 heteroatoms. The summed E-state index contributed by atoms with van der Waals surface area (Å²) < 4.78 is 18.5. The quantitative estimate of drug-likeness (QED) is 0.162. The molecule has 4 aromatic rings. The van der Waals surface area contributed by atoms with Crippen LogP contribution in [0.15, 0.2) is 88.2 Å². The van der Waals surface area contributed by atoms with Gasteiger partial charge in [-0.15, -0.1) is 0 Å². The van der Waals surface area contributed by atoms with Crippen molar-refractivity contribution in [3.8, 4) is 11.5 Å². The van der Waals surface area contributed by atoms with Crippen molar-refractivity contribution in [3.05, 3.63) is 125 Å². The Morgan fingerprint density at radius 2 is 1.79 bits per heavy atom. The normalized spacial score (nSPS) is 14.6. The van der Waals surface area contributed by atoms with Gasteiger partial charge in [-0.3, -0.25) is 19.5 Å². The maximum atomic E-state index is 13.5. The first kappa shape index (κ1) is 28.5. The van der Waals surface area contributed by atoms with Crippen LogP contribution in [0, 0.1) is 10.1 Å².